The third kappa shape index (κ3) is 4.55. The zero-order valence-corrected chi connectivity index (χ0v) is 15.4. The molecule has 4 nitrogen and oxygen atoms in total. The quantitative estimate of drug-likeness (QED) is 0.326. The normalized spacial score (nSPS) is 18.3. The van der Waals surface area contributed by atoms with E-state index in [1.807, 2.05) is 0 Å². The highest BCUT2D eigenvalue weighted by Gasteiger charge is 2.56. The molecule has 9 heteroatoms. The Morgan fingerprint density at radius 2 is 1.90 bits per heavy atom. The minimum atomic E-state index is -4.62. The molecule has 1 N–H and O–H groups in total. The van der Waals surface area contributed by atoms with Crippen molar-refractivity contribution >= 4 is 23.6 Å². The molecule has 154 valence electrons. The lowest BCUT2D eigenvalue weighted by atomic mass is 10.1. The number of halogens is 5. The van der Waals surface area contributed by atoms with E-state index in [0.29, 0.717) is 12.1 Å². The molecule has 0 aliphatic heterocycles. The van der Waals surface area contributed by atoms with Crippen LogP contribution in [0.4, 0.5) is 33.3 Å². The van der Waals surface area contributed by atoms with Gasteiger partial charge in [-0.05, 0) is 30.3 Å². The third-order valence-corrected chi connectivity index (χ3v) is 4.67. The predicted molar refractivity (Wildman–Crippen MR) is 99.6 cm³/mol. The Morgan fingerprint density at radius 1 is 1.24 bits per heavy atom. The van der Waals surface area contributed by atoms with E-state index in [1.165, 1.54) is 13.1 Å². The van der Waals surface area contributed by atoms with Crippen LogP contribution >= 0.6 is 0 Å². The van der Waals surface area contributed by atoms with E-state index < -0.39 is 23.6 Å². The van der Waals surface area contributed by atoms with Gasteiger partial charge in [-0.1, -0.05) is 18.2 Å². The number of anilines is 2. The number of para-hydroxylation sites is 1. The van der Waals surface area contributed by atoms with E-state index >= 15 is 0 Å². The fourth-order valence-corrected chi connectivity index (χ4v) is 2.96. The maximum Gasteiger partial charge on any atom is 0.416 e. The second-order valence-corrected chi connectivity index (χ2v) is 6.66. The van der Waals surface area contributed by atoms with Gasteiger partial charge in [-0.2, -0.15) is 13.2 Å². The highest BCUT2D eigenvalue weighted by Crippen LogP contribution is 2.48. The number of carbonyl (C=O) groups is 1. The summed E-state index contributed by atoms with van der Waals surface area (Å²) in [4.78, 5) is 16.8. The minimum absolute atomic E-state index is 0.0586. The standard InChI is InChI=1S/C20H18F5N3O/c1-26-18(27-11-14-10-19(14,21)22)16-8-7-13(20(23,24)25)9-17(16)28(12-29)15-5-3-2-4-6-15/h2-9,12,14H,10-11H2,1H3,(H,26,27). The molecular formula is C20H18F5N3O. The lowest BCUT2D eigenvalue weighted by Gasteiger charge is -2.23. The van der Waals surface area contributed by atoms with Crippen LogP contribution in [0.25, 0.3) is 0 Å². The molecule has 1 saturated carbocycles. The van der Waals surface area contributed by atoms with Gasteiger partial charge in [0.2, 0.25) is 6.41 Å². The summed E-state index contributed by atoms with van der Waals surface area (Å²) in [7, 11) is 1.39. The van der Waals surface area contributed by atoms with Gasteiger partial charge in [0, 0.05) is 37.2 Å². The first-order valence-corrected chi connectivity index (χ1v) is 8.77. The Morgan fingerprint density at radius 3 is 2.41 bits per heavy atom. The lowest BCUT2D eigenvalue weighted by molar-refractivity contribution is -0.137. The molecule has 1 atom stereocenters. The topological polar surface area (TPSA) is 44.7 Å². The van der Waals surface area contributed by atoms with Crippen LogP contribution in [0.5, 0.6) is 0 Å². The smallest absolute Gasteiger partial charge is 0.369 e. The van der Waals surface area contributed by atoms with Crippen LogP contribution in [0.1, 0.15) is 17.5 Å². The van der Waals surface area contributed by atoms with E-state index in [2.05, 4.69) is 10.3 Å². The van der Waals surface area contributed by atoms with Gasteiger partial charge in [0.25, 0.3) is 5.92 Å². The molecule has 1 aliphatic carbocycles. The molecule has 0 saturated heterocycles. The zero-order valence-electron chi connectivity index (χ0n) is 15.4. The molecule has 0 radical (unpaired) electrons. The Bertz CT molecular complexity index is 912. The first kappa shape index (κ1) is 20.8. The van der Waals surface area contributed by atoms with Crippen LogP contribution in [0.2, 0.25) is 0 Å². The molecule has 2 aromatic rings. The average Bonchev–Trinajstić information content (AvgIpc) is 3.30. The summed E-state index contributed by atoms with van der Waals surface area (Å²) in [5.74, 6) is -3.47. The molecule has 1 fully saturated rings. The summed E-state index contributed by atoms with van der Waals surface area (Å²) in [6.07, 6.45) is -4.47. The summed E-state index contributed by atoms with van der Waals surface area (Å²) in [5.41, 5.74) is -0.451. The number of alkyl halides is 5. The SMILES string of the molecule is C/N=C(/NCC1CC1(F)F)c1ccc(C(F)(F)F)cc1N(C=O)c1ccccc1. The molecule has 29 heavy (non-hydrogen) atoms. The van der Waals surface area contributed by atoms with Crippen molar-refractivity contribution < 1.29 is 26.7 Å². The number of nitrogens with one attached hydrogen (secondary N) is 1. The molecule has 0 heterocycles. The molecule has 1 unspecified atom stereocenters. The third-order valence-electron chi connectivity index (χ3n) is 4.67. The van der Waals surface area contributed by atoms with Crippen molar-refractivity contribution in [2.75, 3.05) is 18.5 Å². The molecule has 3 rings (SSSR count). The van der Waals surface area contributed by atoms with Gasteiger partial charge >= 0.3 is 6.18 Å². The minimum Gasteiger partial charge on any atom is -0.369 e. The molecule has 0 aromatic heterocycles. The largest absolute Gasteiger partial charge is 0.416 e. The molecular weight excluding hydrogens is 393 g/mol. The van der Waals surface area contributed by atoms with Crippen LogP contribution in [-0.2, 0) is 11.0 Å². The van der Waals surface area contributed by atoms with Gasteiger partial charge in [-0.25, -0.2) is 8.78 Å². The van der Waals surface area contributed by atoms with E-state index in [-0.39, 0.29) is 30.1 Å². The van der Waals surface area contributed by atoms with Gasteiger partial charge in [0.05, 0.1) is 11.3 Å². The van der Waals surface area contributed by atoms with Gasteiger partial charge in [0.15, 0.2) is 0 Å². The number of rotatable bonds is 6. The Hall–Kier alpha value is -2.97. The number of amides is 1. The summed E-state index contributed by atoms with van der Waals surface area (Å²) in [6, 6.07) is 11.0. The lowest BCUT2D eigenvalue weighted by Crippen LogP contribution is -2.30. The van der Waals surface area contributed by atoms with Crippen LogP contribution < -0.4 is 10.2 Å². The van der Waals surface area contributed by atoms with E-state index in [1.54, 1.807) is 30.3 Å². The zero-order chi connectivity index (χ0) is 21.2. The molecule has 0 bridgehead atoms. The fraction of sp³-hybridized carbons (Fsp3) is 0.300. The average molecular weight is 411 g/mol. The number of aliphatic imine (C=N–C) groups is 1. The van der Waals surface area contributed by atoms with Crippen molar-refractivity contribution in [3.63, 3.8) is 0 Å². The second-order valence-electron chi connectivity index (χ2n) is 6.66. The highest BCUT2D eigenvalue weighted by molar-refractivity contribution is 6.06. The first-order chi connectivity index (χ1) is 13.7. The van der Waals surface area contributed by atoms with E-state index in [0.717, 1.165) is 17.0 Å². The van der Waals surface area contributed by atoms with Crippen LogP contribution in [0.15, 0.2) is 53.5 Å². The van der Waals surface area contributed by atoms with Crippen molar-refractivity contribution in [2.45, 2.75) is 18.5 Å². The van der Waals surface area contributed by atoms with E-state index in [9.17, 15) is 26.7 Å². The Kier molecular flexibility index (Phi) is 5.59. The number of benzene rings is 2. The van der Waals surface area contributed by atoms with Crippen molar-refractivity contribution in [3.05, 3.63) is 59.7 Å². The maximum atomic E-state index is 13.3. The monoisotopic (exact) mass is 411 g/mol. The maximum absolute atomic E-state index is 13.3. The van der Waals surface area contributed by atoms with Gasteiger partial charge < -0.3 is 5.32 Å². The fourth-order valence-electron chi connectivity index (χ4n) is 2.96. The van der Waals surface area contributed by atoms with Gasteiger partial charge in [-0.3, -0.25) is 14.7 Å². The van der Waals surface area contributed by atoms with Crippen molar-refractivity contribution in [1.82, 2.24) is 5.32 Å². The van der Waals surface area contributed by atoms with Gasteiger partial charge in [0.1, 0.15) is 5.84 Å². The summed E-state index contributed by atoms with van der Waals surface area (Å²) in [6.45, 7) is -0.0768. The van der Waals surface area contributed by atoms with Crippen LogP contribution in [0.3, 0.4) is 0 Å². The van der Waals surface area contributed by atoms with Crippen molar-refractivity contribution in [1.29, 1.82) is 0 Å². The summed E-state index contributed by atoms with van der Waals surface area (Å²) < 4.78 is 66.1. The molecule has 1 aliphatic rings. The van der Waals surface area contributed by atoms with E-state index in [4.69, 9.17) is 0 Å². The first-order valence-electron chi connectivity index (χ1n) is 8.77. The number of nitrogens with zero attached hydrogens (tertiary/aromatic N) is 2. The van der Waals surface area contributed by atoms with Crippen LogP contribution in [-0.4, -0.2) is 31.8 Å². The number of carbonyl (C=O) groups excluding carboxylic acids is 1. The summed E-state index contributed by atoms with van der Waals surface area (Å²) in [5, 5.41) is 2.78. The number of hydrogen-bond donors (Lipinski definition) is 1. The van der Waals surface area contributed by atoms with Crippen molar-refractivity contribution in [2.24, 2.45) is 10.9 Å². The Labute approximate surface area is 164 Å². The van der Waals surface area contributed by atoms with Crippen molar-refractivity contribution in [3.8, 4) is 0 Å². The second kappa shape index (κ2) is 7.81. The Balaban J connectivity index is 2.02. The molecule has 2 aromatic carbocycles. The number of hydrogen-bond acceptors (Lipinski definition) is 2. The molecule has 1 amide bonds. The van der Waals surface area contributed by atoms with Crippen LogP contribution in [0, 0.1) is 5.92 Å². The highest BCUT2D eigenvalue weighted by atomic mass is 19.4. The number of amidine groups is 1. The van der Waals surface area contributed by atoms with Gasteiger partial charge in [-0.15, -0.1) is 0 Å². The molecule has 0 spiro atoms. The summed E-state index contributed by atoms with van der Waals surface area (Å²) >= 11 is 0. The predicted octanol–water partition coefficient (Wildman–Crippen LogP) is 4.62.